The van der Waals surface area contributed by atoms with Gasteiger partial charge in [-0.25, -0.2) is 9.78 Å². The fourth-order valence-corrected chi connectivity index (χ4v) is 2.79. The number of ether oxygens (including phenoxy) is 2. The van der Waals surface area contributed by atoms with Gasteiger partial charge in [-0.2, -0.15) is 4.98 Å². The first-order valence-corrected chi connectivity index (χ1v) is 9.39. The maximum absolute atomic E-state index is 11.9. The molecule has 0 bridgehead atoms. The second kappa shape index (κ2) is 9.71. The Kier molecular flexibility index (Phi) is 6.82. The van der Waals surface area contributed by atoms with Gasteiger partial charge in [-0.3, -0.25) is 0 Å². The molecule has 0 aliphatic rings. The Morgan fingerprint density at radius 1 is 1.10 bits per heavy atom. The van der Waals surface area contributed by atoms with Crippen molar-refractivity contribution in [2.24, 2.45) is 0 Å². The predicted octanol–water partition coefficient (Wildman–Crippen LogP) is 3.48. The SMILES string of the molecule is COC(=O)c1ccc(OC)c(Nc2cc(-c3ccccc3)nc(N[C@H](C)CO)n2)c1. The van der Waals surface area contributed by atoms with Crippen molar-refractivity contribution in [2.45, 2.75) is 13.0 Å². The van der Waals surface area contributed by atoms with Crippen molar-refractivity contribution in [3.8, 4) is 17.0 Å². The summed E-state index contributed by atoms with van der Waals surface area (Å²) in [6, 6.07) is 16.2. The predicted molar refractivity (Wildman–Crippen MR) is 115 cm³/mol. The maximum atomic E-state index is 11.9. The Balaban J connectivity index is 2.02. The Labute approximate surface area is 174 Å². The van der Waals surface area contributed by atoms with Gasteiger partial charge >= 0.3 is 5.97 Å². The lowest BCUT2D eigenvalue weighted by Gasteiger charge is -2.16. The van der Waals surface area contributed by atoms with Crippen LogP contribution in [0.4, 0.5) is 17.5 Å². The van der Waals surface area contributed by atoms with E-state index in [-0.39, 0.29) is 12.6 Å². The number of esters is 1. The molecule has 0 spiro atoms. The molecular formula is C22H24N4O4. The maximum Gasteiger partial charge on any atom is 0.337 e. The van der Waals surface area contributed by atoms with Crippen molar-refractivity contribution in [1.82, 2.24) is 9.97 Å². The van der Waals surface area contributed by atoms with Gasteiger partial charge in [0, 0.05) is 17.7 Å². The number of anilines is 3. The van der Waals surface area contributed by atoms with Crippen LogP contribution in [0.3, 0.4) is 0 Å². The molecule has 0 aliphatic carbocycles. The molecule has 2 aromatic carbocycles. The topological polar surface area (TPSA) is 106 Å². The fraction of sp³-hybridized carbons (Fsp3) is 0.227. The number of methoxy groups -OCH3 is 2. The van der Waals surface area contributed by atoms with Crippen LogP contribution in [0.15, 0.2) is 54.6 Å². The molecule has 0 saturated carbocycles. The molecule has 0 fully saturated rings. The highest BCUT2D eigenvalue weighted by Crippen LogP contribution is 2.30. The van der Waals surface area contributed by atoms with Crippen molar-refractivity contribution < 1.29 is 19.4 Å². The second-order valence-electron chi connectivity index (χ2n) is 6.59. The first-order chi connectivity index (χ1) is 14.5. The summed E-state index contributed by atoms with van der Waals surface area (Å²) in [4.78, 5) is 21.0. The highest BCUT2D eigenvalue weighted by molar-refractivity contribution is 5.91. The summed E-state index contributed by atoms with van der Waals surface area (Å²) in [5.41, 5.74) is 2.55. The van der Waals surface area contributed by atoms with Crippen molar-refractivity contribution in [3.63, 3.8) is 0 Å². The minimum absolute atomic E-state index is 0.0588. The first kappa shape index (κ1) is 21.1. The van der Waals surface area contributed by atoms with E-state index >= 15 is 0 Å². The van der Waals surface area contributed by atoms with E-state index in [1.807, 2.05) is 37.3 Å². The third-order valence-corrected chi connectivity index (χ3v) is 4.33. The van der Waals surface area contributed by atoms with Crippen LogP contribution in [0, 0.1) is 0 Å². The summed E-state index contributed by atoms with van der Waals surface area (Å²) in [6.07, 6.45) is 0. The quantitative estimate of drug-likeness (QED) is 0.487. The highest BCUT2D eigenvalue weighted by Gasteiger charge is 2.14. The molecule has 3 N–H and O–H groups in total. The minimum atomic E-state index is -0.451. The Hall–Kier alpha value is -3.65. The summed E-state index contributed by atoms with van der Waals surface area (Å²) < 4.78 is 10.2. The number of hydrogen-bond donors (Lipinski definition) is 3. The zero-order chi connectivity index (χ0) is 21.5. The Morgan fingerprint density at radius 3 is 2.53 bits per heavy atom. The molecule has 1 atom stereocenters. The van der Waals surface area contributed by atoms with Crippen LogP contribution in [0.25, 0.3) is 11.3 Å². The Morgan fingerprint density at radius 2 is 1.87 bits per heavy atom. The van der Waals surface area contributed by atoms with Gasteiger partial charge in [0.25, 0.3) is 0 Å². The number of aliphatic hydroxyl groups excluding tert-OH is 1. The number of carbonyl (C=O) groups excluding carboxylic acids is 1. The van der Waals surface area contributed by atoms with Crippen LogP contribution in [0.1, 0.15) is 17.3 Å². The minimum Gasteiger partial charge on any atom is -0.495 e. The standard InChI is InChI=1S/C22H24N4O4/c1-14(13-27)23-22-25-17(15-7-5-4-6-8-15)12-20(26-22)24-18-11-16(21(28)30-3)9-10-19(18)29-2/h4-12,14,27H,13H2,1-3H3,(H2,23,24,25,26)/t14-/m1/s1. The number of carbonyl (C=O) groups is 1. The molecule has 3 aromatic rings. The van der Waals surface area contributed by atoms with E-state index in [2.05, 4.69) is 20.6 Å². The van der Waals surface area contributed by atoms with E-state index in [9.17, 15) is 9.90 Å². The lowest BCUT2D eigenvalue weighted by Crippen LogP contribution is -2.21. The van der Waals surface area contributed by atoms with Crippen molar-refractivity contribution in [1.29, 1.82) is 0 Å². The van der Waals surface area contributed by atoms with E-state index < -0.39 is 5.97 Å². The zero-order valence-electron chi connectivity index (χ0n) is 17.0. The molecule has 0 aliphatic heterocycles. The fourth-order valence-electron chi connectivity index (χ4n) is 2.79. The molecule has 1 aromatic heterocycles. The third kappa shape index (κ3) is 5.03. The van der Waals surface area contributed by atoms with Gasteiger partial charge in [0.1, 0.15) is 11.6 Å². The number of aromatic nitrogens is 2. The van der Waals surface area contributed by atoms with Gasteiger partial charge in [0.15, 0.2) is 0 Å². The summed E-state index contributed by atoms with van der Waals surface area (Å²) in [5.74, 6) is 0.952. The Bertz CT molecular complexity index is 1010. The van der Waals surface area contributed by atoms with E-state index in [4.69, 9.17) is 9.47 Å². The van der Waals surface area contributed by atoms with Crippen LogP contribution in [-0.4, -0.2) is 47.9 Å². The first-order valence-electron chi connectivity index (χ1n) is 9.39. The molecule has 1 heterocycles. The van der Waals surface area contributed by atoms with Crippen LogP contribution < -0.4 is 15.4 Å². The van der Waals surface area contributed by atoms with Gasteiger partial charge in [-0.1, -0.05) is 30.3 Å². The normalized spacial score (nSPS) is 11.5. The molecule has 3 rings (SSSR count). The van der Waals surface area contributed by atoms with E-state index in [0.29, 0.717) is 34.5 Å². The number of nitrogens with one attached hydrogen (secondary N) is 2. The summed E-state index contributed by atoms with van der Waals surface area (Å²) in [5, 5.41) is 15.6. The molecule has 156 valence electrons. The molecule has 8 heteroatoms. The number of benzene rings is 2. The van der Waals surface area contributed by atoms with Crippen molar-refractivity contribution in [3.05, 3.63) is 60.2 Å². The summed E-state index contributed by atoms with van der Waals surface area (Å²) in [6.45, 7) is 1.77. The van der Waals surface area contributed by atoms with E-state index in [1.54, 1.807) is 31.4 Å². The smallest absolute Gasteiger partial charge is 0.337 e. The lowest BCUT2D eigenvalue weighted by atomic mass is 10.1. The number of hydrogen-bond acceptors (Lipinski definition) is 8. The average Bonchev–Trinajstić information content (AvgIpc) is 2.78. The van der Waals surface area contributed by atoms with Crippen LogP contribution in [0.5, 0.6) is 5.75 Å². The average molecular weight is 408 g/mol. The van der Waals surface area contributed by atoms with Crippen LogP contribution in [0.2, 0.25) is 0 Å². The highest BCUT2D eigenvalue weighted by atomic mass is 16.5. The molecule has 30 heavy (non-hydrogen) atoms. The monoisotopic (exact) mass is 408 g/mol. The summed E-state index contributed by atoms with van der Waals surface area (Å²) >= 11 is 0. The third-order valence-electron chi connectivity index (χ3n) is 4.33. The molecule has 0 radical (unpaired) electrons. The molecule has 8 nitrogen and oxygen atoms in total. The van der Waals surface area contributed by atoms with Gasteiger partial charge in [-0.15, -0.1) is 0 Å². The van der Waals surface area contributed by atoms with Gasteiger partial charge < -0.3 is 25.2 Å². The van der Waals surface area contributed by atoms with Crippen LogP contribution >= 0.6 is 0 Å². The van der Waals surface area contributed by atoms with E-state index in [0.717, 1.165) is 5.56 Å². The van der Waals surface area contributed by atoms with Gasteiger partial charge in [-0.05, 0) is 25.1 Å². The number of nitrogens with zero attached hydrogens (tertiary/aromatic N) is 2. The van der Waals surface area contributed by atoms with Crippen molar-refractivity contribution in [2.75, 3.05) is 31.5 Å². The summed E-state index contributed by atoms with van der Waals surface area (Å²) in [7, 11) is 2.88. The lowest BCUT2D eigenvalue weighted by molar-refractivity contribution is 0.0600. The second-order valence-corrected chi connectivity index (χ2v) is 6.59. The largest absolute Gasteiger partial charge is 0.495 e. The number of aliphatic hydroxyl groups is 1. The van der Waals surface area contributed by atoms with Crippen molar-refractivity contribution >= 4 is 23.4 Å². The molecule has 0 amide bonds. The molecule has 0 saturated heterocycles. The van der Waals surface area contributed by atoms with Gasteiger partial charge in [0.2, 0.25) is 5.95 Å². The molecule has 0 unspecified atom stereocenters. The zero-order valence-corrected chi connectivity index (χ0v) is 17.0. The van der Waals surface area contributed by atoms with Crippen LogP contribution in [-0.2, 0) is 4.74 Å². The van der Waals surface area contributed by atoms with Gasteiger partial charge in [0.05, 0.1) is 37.8 Å². The number of rotatable bonds is 8. The molecular weight excluding hydrogens is 384 g/mol. The van der Waals surface area contributed by atoms with E-state index in [1.165, 1.54) is 7.11 Å².